The Morgan fingerprint density at radius 3 is 2.16 bits per heavy atom. The topological polar surface area (TPSA) is 89.9 Å². The highest BCUT2D eigenvalue weighted by molar-refractivity contribution is 7.90. The van der Waals surface area contributed by atoms with Crippen molar-refractivity contribution in [2.45, 2.75) is 42.0 Å². The zero-order valence-corrected chi connectivity index (χ0v) is 14.8. The van der Waals surface area contributed by atoms with E-state index in [4.69, 9.17) is 9.47 Å². The zero-order valence-electron chi connectivity index (χ0n) is 13.9. The van der Waals surface area contributed by atoms with Gasteiger partial charge in [0.15, 0.2) is 15.6 Å². The molecule has 1 N–H and O–H groups in total. The maximum Gasteiger partial charge on any atom is 0.235 e. The van der Waals surface area contributed by atoms with Crippen molar-refractivity contribution in [3.05, 3.63) is 29.8 Å². The zero-order chi connectivity index (χ0) is 18.1. The molecule has 0 aromatic heterocycles. The maximum absolute atomic E-state index is 12.2. The van der Waals surface area contributed by atoms with E-state index in [9.17, 15) is 18.3 Å². The fourth-order valence-corrected chi connectivity index (χ4v) is 3.68. The molecule has 0 unspecified atom stereocenters. The number of hydrogen-bond donors (Lipinski definition) is 1. The van der Waals surface area contributed by atoms with Crippen LogP contribution in [0.1, 0.15) is 36.0 Å². The Morgan fingerprint density at radius 1 is 1.08 bits per heavy atom. The van der Waals surface area contributed by atoms with E-state index in [-0.39, 0.29) is 4.90 Å². The molecule has 0 atom stereocenters. The molecule has 7 heteroatoms. The summed E-state index contributed by atoms with van der Waals surface area (Å²) in [5, 5.41) is 10.5. The number of rotatable bonds is 2. The average Bonchev–Trinajstić information content (AvgIpc) is 3.04. The molecule has 1 aliphatic carbocycles. The van der Waals surface area contributed by atoms with Crippen molar-refractivity contribution in [3.8, 4) is 11.8 Å². The number of carbonyl (C=O) groups is 1. The summed E-state index contributed by atoms with van der Waals surface area (Å²) in [6, 6.07) is 5.59. The van der Waals surface area contributed by atoms with E-state index in [1.807, 2.05) is 0 Å². The molecule has 2 fully saturated rings. The lowest BCUT2D eigenvalue weighted by atomic mass is 9.81. The third-order valence-corrected chi connectivity index (χ3v) is 5.73. The minimum absolute atomic E-state index is 0.143. The molecule has 1 aromatic rings. The lowest BCUT2D eigenvalue weighted by Gasteiger charge is -2.37. The van der Waals surface area contributed by atoms with Crippen LogP contribution in [0.15, 0.2) is 29.2 Å². The number of ketones is 1. The molecule has 134 valence electrons. The number of benzene rings is 1. The van der Waals surface area contributed by atoms with Gasteiger partial charge in [-0.1, -0.05) is 5.92 Å². The van der Waals surface area contributed by atoms with Gasteiger partial charge in [0, 0.05) is 24.7 Å². The van der Waals surface area contributed by atoms with Gasteiger partial charge in [0.2, 0.25) is 5.78 Å². The molecule has 0 bridgehead atoms. The second-order valence-corrected chi connectivity index (χ2v) is 8.53. The molecule has 1 heterocycles. The van der Waals surface area contributed by atoms with Gasteiger partial charge in [-0.25, -0.2) is 8.42 Å². The summed E-state index contributed by atoms with van der Waals surface area (Å²) < 4.78 is 34.1. The predicted octanol–water partition coefficient (Wildman–Crippen LogP) is 1.32. The highest BCUT2D eigenvalue weighted by Gasteiger charge is 2.45. The monoisotopic (exact) mass is 364 g/mol. The predicted molar refractivity (Wildman–Crippen MR) is 89.7 cm³/mol. The molecule has 3 rings (SSSR count). The van der Waals surface area contributed by atoms with Crippen LogP contribution in [0.25, 0.3) is 0 Å². The van der Waals surface area contributed by atoms with Crippen molar-refractivity contribution in [1.82, 2.24) is 0 Å². The Balaban J connectivity index is 1.67. The van der Waals surface area contributed by atoms with Crippen LogP contribution in [0.5, 0.6) is 0 Å². The molecule has 1 aliphatic heterocycles. The van der Waals surface area contributed by atoms with Crippen molar-refractivity contribution in [1.29, 1.82) is 0 Å². The molecule has 2 aliphatic rings. The first kappa shape index (κ1) is 18.1. The minimum Gasteiger partial charge on any atom is -0.378 e. The van der Waals surface area contributed by atoms with Gasteiger partial charge >= 0.3 is 0 Å². The van der Waals surface area contributed by atoms with Gasteiger partial charge in [0.1, 0.15) is 5.60 Å². The molecule has 25 heavy (non-hydrogen) atoms. The van der Waals surface area contributed by atoms with Gasteiger partial charge in [0.25, 0.3) is 0 Å². The van der Waals surface area contributed by atoms with Crippen molar-refractivity contribution < 1.29 is 27.8 Å². The van der Waals surface area contributed by atoms with E-state index < -0.39 is 27.0 Å². The standard InChI is InChI=1S/C18H20O6S/c1-25(21,22)15-4-2-14(3-5-15)16(19)6-7-17(20)8-10-18(11-9-17)23-12-13-24-18/h2-5,20H,8-13H2,1H3. The van der Waals surface area contributed by atoms with Crippen LogP contribution >= 0.6 is 0 Å². The van der Waals surface area contributed by atoms with Crippen LogP contribution in [0.2, 0.25) is 0 Å². The lowest BCUT2D eigenvalue weighted by Crippen LogP contribution is -2.42. The summed E-state index contributed by atoms with van der Waals surface area (Å²) in [5.74, 6) is 4.10. The molecule has 0 radical (unpaired) electrons. The number of sulfone groups is 1. The number of aliphatic hydroxyl groups is 1. The minimum atomic E-state index is -3.31. The third-order valence-electron chi connectivity index (χ3n) is 4.61. The van der Waals surface area contributed by atoms with Crippen molar-refractivity contribution in [3.63, 3.8) is 0 Å². The van der Waals surface area contributed by atoms with Gasteiger partial charge in [-0.15, -0.1) is 0 Å². The summed E-state index contributed by atoms with van der Waals surface area (Å²) in [6.07, 6.45) is 2.93. The highest BCUT2D eigenvalue weighted by Crippen LogP contribution is 2.39. The fourth-order valence-electron chi connectivity index (χ4n) is 3.05. The van der Waals surface area contributed by atoms with E-state index in [0.29, 0.717) is 44.5 Å². The fraction of sp³-hybridized carbons (Fsp3) is 0.500. The van der Waals surface area contributed by atoms with Crippen molar-refractivity contribution >= 4 is 15.6 Å². The van der Waals surface area contributed by atoms with Gasteiger partial charge in [0.05, 0.1) is 18.1 Å². The van der Waals surface area contributed by atoms with E-state index in [1.165, 1.54) is 24.3 Å². The summed E-state index contributed by atoms with van der Waals surface area (Å²) in [6.45, 7) is 1.12. The number of ether oxygens (including phenoxy) is 2. The van der Waals surface area contributed by atoms with Gasteiger partial charge < -0.3 is 14.6 Å². The number of Topliss-reactive ketones (excluding diaryl/α,β-unsaturated/α-hetero) is 1. The molecular weight excluding hydrogens is 344 g/mol. The van der Waals surface area contributed by atoms with Gasteiger partial charge in [-0.05, 0) is 43.0 Å². The Hall–Kier alpha value is -1.72. The van der Waals surface area contributed by atoms with E-state index in [2.05, 4.69) is 11.8 Å². The Bertz CT molecular complexity index is 813. The highest BCUT2D eigenvalue weighted by atomic mass is 32.2. The molecule has 1 aromatic carbocycles. The molecule has 1 saturated heterocycles. The SMILES string of the molecule is CS(=O)(=O)c1ccc(C(=O)C#CC2(O)CCC3(CC2)OCCO3)cc1. The maximum atomic E-state index is 12.2. The third kappa shape index (κ3) is 4.10. The average molecular weight is 364 g/mol. The quantitative estimate of drug-likeness (QED) is 0.484. The van der Waals surface area contributed by atoms with Crippen LogP contribution in [0.4, 0.5) is 0 Å². The Labute approximate surface area is 147 Å². The van der Waals surface area contributed by atoms with Crippen LogP contribution in [0.3, 0.4) is 0 Å². The molecule has 1 saturated carbocycles. The largest absolute Gasteiger partial charge is 0.378 e. The first-order valence-corrected chi connectivity index (χ1v) is 9.99. The molecule has 6 nitrogen and oxygen atoms in total. The summed E-state index contributed by atoms with van der Waals surface area (Å²) in [5.41, 5.74) is -0.943. The Morgan fingerprint density at radius 2 is 1.64 bits per heavy atom. The van der Waals surface area contributed by atoms with E-state index in [1.54, 1.807) is 0 Å². The van der Waals surface area contributed by atoms with E-state index >= 15 is 0 Å². The first-order chi connectivity index (χ1) is 11.7. The lowest BCUT2D eigenvalue weighted by molar-refractivity contribution is -0.195. The normalized spacial score (nSPS) is 21.5. The van der Waals surface area contributed by atoms with Crippen molar-refractivity contribution in [2.75, 3.05) is 19.5 Å². The first-order valence-electron chi connectivity index (χ1n) is 8.09. The van der Waals surface area contributed by atoms with Crippen molar-refractivity contribution in [2.24, 2.45) is 0 Å². The smallest absolute Gasteiger partial charge is 0.235 e. The summed E-state index contributed by atoms with van der Waals surface area (Å²) >= 11 is 0. The molecule has 1 spiro atoms. The van der Waals surface area contributed by atoms with Crippen LogP contribution < -0.4 is 0 Å². The summed E-state index contributed by atoms with van der Waals surface area (Å²) in [7, 11) is -3.31. The Kier molecular flexibility index (Phi) is 4.73. The van der Waals surface area contributed by atoms with Crippen LogP contribution in [0, 0.1) is 11.8 Å². The van der Waals surface area contributed by atoms with Crippen LogP contribution in [-0.2, 0) is 19.3 Å². The summed E-state index contributed by atoms with van der Waals surface area (Å²) in [4.78, 5) is 12.3. The second kappa shape index (κ2) is 6.54. The van der Waals surface area contributed by atoms with Gasteiger partial charge in [-0.3, -0.25) is 4.79 Å². The molecule has 0 amide bonds. The second-order valence-electron chi connectivity index (χ2n) is 6.51. The molecular formula is C18H20O6S. The number of hydrogen-bond acceptors (Lipinski definition) is 6. The van der Waals surface area contributed by atoms with Crippen LogP contribution in [-0.4, -0.2) is 50.2 Å². The number of carbonyl (C=O) groups excluding carboxylic acids is 1. The van der Waals surface area contributed by atoms with Gasteiger partial charge in [-0.2, -0.15) is 0 Å². The van der Waals surface area contributed by atoms with E-state index in [0.717, 1.165) is 6.26 Å².